The van der Waals surface area contributed by atoms with Crippen LogP contribution in [0.25, 0.3) is 0 Å². The maximum atomic E-state index is 11.0. The smallest absolute Gasteiger partial charge is 0.335 e. The molecule has 0 saturated heterocycles. The third kappa shape index (κ3) is 2.25. The third-order valence-corrected chi connectivity index (χ3v) is 4.29. The van der Waals surface area contributed by atoms with Crippen LogP contribution in [0.3, 0.4) is 0 Å². The van der Waals surface area contributed by atoms with Gasteiger partial charge in [-0.05, 0) is 25.1 Å². The number of carboxylic acid groups (broad SMARTS) is 1. The molecule has 4 rings (SSSR count). The van der Waals surface area contributed by atoms with Gasteiger partial charge in [-0.3, -0.25) is 0 Å². The van der Waals surface area contributed by atoms with Crippen LogP contribution in [0.4, 0.5) is 0 Å². The minimum atomic E-state index is -0.931. The predicted octanol–water partition coefficient (Wildman–Crippen LogP) is 3.60. The van der Waals surface area contributed by atoms with Crippen molar-refractivity contribution in [1.82, 2.24) is 5.01 Å². The lowest BCUT2D eigenvalue weighted by molar-refractivity contribution is -0.0190. The number of rotatable bonds is 2. The number of hydrogen-bond acceptors (Lipinski definition) is 4. The zero-order valence-corrected chi connectivity index (χ0v) is 12.6. The number of ether oxygens (including phenoxy) is 1. The molecule has 0 aliphatic carbocycles. The molecule has 0 radical (unpaired) electrons. The Labute approximate surface area is 133 Å². The van der Waals surface area contributed by atoms with Gasteiger partial charge in [-0.1, -0.05) is 30.3 Å². The van der Waals surface area contributed by atoms with Gasteiger partial charge in [0, 0.05) is 23.3 Å². The largest absolute Gasteiger partial charge is 0.478 e. The fraction of sp³-hybridized carbons (Fsp3) is 0.222. The Morgan fingerprint density at radius 1 is 1.22 bits per heavy atom. The fourth-order valence-electron chi connectivity index (χ4n) is 3.20. The SMILES string of the molecule is CC1=NN2[C@H](C1)c1ccccc1O[C@H]2c1ccc(C(=O)O)cc1. The highest BCUT2D eigenvalue weighted by atomic mass is 16.5. The Morgan fingerprint density at radius 3 is 2.70 bits per heavy atom. The Balaban J connectivity index is 1.75. The summed E-state index contributed by atoms with van der Waals surface area (Å²) in [7, 11) is 0. The number of fused-ring (bicyclic) bond motifs is 3. The van der Waals surface area contributed by atoms with Gasteiger partial charge in [-0.25, -0.2) is 9.80 Å². The van der Waals surface area contributed by atoms with Gasteiger partial charge in [-0.2, -0.15) is 5.10 Å². The summed E-state index contributed by atoms with van der Waals surface area (Å²) in [5.74, 6) is -0.0645. The number of aromatic carboxylic acids is 1. The lowest BCUT2D eigenvalue weighted by Crippen LogP contribution is -2.33. The molecule has 2 aromatic carbocycles. The molecule has 0 aromatic heterocycles. The standard InChI is InChI=1S/C18H16N2O3/c1-11-10-15-14-4-2-3-5-16(14)23-17(20(15)19-11)12-6-8-13(9-7-12)18(21)22/h2-9,15,17H,10H2,1H3,(H,21,22)/t15-,17+/m1/s1. The minimum absolute atomic E-state index is 0.170. The van der Waals surface area contributed by atoms with E-state index in [1.54, 1.807) is 24.3 Å². The van der Waals surface area contributed by atoms with Crippen molar-refractivity contribution in [2.75, 3.05) is 0 Å². The number of para-hydroxylation sites is 1. The molecule has 2 aliphatic rings. The molecule has 0 bridgehead atoms. The summed E-state index contributed by atoms with van der Waals surface area (Å²) < 4.78 is 6.15. The van der Waals surface area contributed by atoms with Crippen LogP contribution in [0.15, 0.2) is 53.6 Å². The zero-order chi connectivity index (χ0) is 16.0. The summed E-state index contributed by atoms with van der Waals surface area (Å²) in [6, 6.07) is 15.0. The molecule has 0 spiro atoms. The van der Waals surface area contributed by atoms with E-state index in [2.05, 4.69) is 11.2 Å². The molecule has 0 amide bonds. The van der Waals surface area contributed by atoms with Crippen LogP contribution < -0.4 is 4.74 Å². The molecule has 0 unspecified atom stereocenters. The Hall–Kier alpha value is -2.82. The van der Waals surface area contributed by atoms with Gasteiger partial charge in [0.05, 0.1) is 11.6 Å². The van der Waals surface area contributed by atoms with E-state index in [4.69, 9.17) is 9.84 Å². The van der Waals surface area contributed by atoms with Gasteiger partial charge in [0.2, 0.25) is 6.23 Å². The van der Waals surface area contributed by atoms with Crippen molar-refractivity contribution in [2.24, 2.45) is 5.10 Å². The highest BCUT2D eigenvalue weighted by Gasteiger charge is 2.39. The second kappa shape index (κ2) is 5.12. The highest BCUT2D eigenvalue weighted by molar-refractivity contribution is 5.87. The van der Waals surface area contributed by atoms with E-state index in [0.717, 1.165) is 29.0 Å². The van der Waals surface area contributed by atoms with E-state index in [1.807, 2.05) is 30.1 Å². The summed E-state index contributed by atoms with van der Waals surface area (Å²) in [5, 5.41) is 15.7. The summed E-state index contributed by atoms with van der Waals surface area (Å²) >= 11 is 0. The van der Waals surface area contributed by atoms with E-state index in [0.29, 0.717) is 0 Å². The monoisotopic (exact) mass is 308 g/mol. The van der Waals surface area contributed by atoms with Gasteiger partial charge in [0.15, 0.2) is 0 Å². The van der Waals surface area contributed by atoms with Crippen molar-refractivity contribution in [3.05, 3.63) is 65.2 Å². The van der Waals surface area contributed by atoms with Gasteiger partial charge in [0.25, 0.3) is 0 Å². The number of benzene rings is 2. The molecule has 0 fully saturated rings. The van der Waals surface area contributed by atoms with Gasteiger partial charge >= 0.3 is 5.97 Å². The number of carbonyl (C=O) groups is 1. The molecule has 2 aromatic rings. The topological polar surface area (TPSA) is 62.1 Å². The molecule has 0 saturated carbocycles. The molecule has 2 atom stereocenters. The lowest BCUT2D eigenvalue weighted by Gasteiger charge is -2.38. The van der Waals surface area contributed by atoms with Crippen molar-refractivity contribution < 1.29 is 14.6 Å². The zero-order valence-electron chi connectivity index (χ0n) is 12.6. The second-order valence-electron chi connectivity index (χ2n) is 5.87. The van der Waals surface area contributed by atoms with Crippen LogP contribution in [-0.2, 0) is 0 Å². The van der Waals surface area contributed by atoms with E-state index in [-0.39, 0.29) is 17.8 Å². The molecule has 5 nitrogen and oxygen atoms in total. The van der Waals surface area contributed by atoms with Crippen molar-refractivity contribution in [3.8, 4) is 5.75 Å². The van der Waals surface area contributed by atoms with Crippen LogP contribution in [0.2, 0.25) is 0 Å². The first-order valence-corrected chi connectivity index (χ1v) is 7.55. The van der Waals surface area contributed by atoms with E-state index in [9.17, 15) is 4.79 Å². The summed E-state index contributed by atoms with van der Waals surface area (Å²) in [6.07, 6.45) is 0.541. The number of hydrazone groups is 1. The number of carboxylic acids is 1. The van der Waals surface area contributed by atoms with Crippen LogP contribution >= 0.6 is 0 Å². The average molecular weight is 308 g/mol. The normalized spacial score (nSPS) is 22.0. The molecular formula is C18H16N2O3. The summed E-state index contributed by atoms with van der Waals surface area (Å²) in [6.45, 7) is 2.02. The first-order chi connectivity index (χ1) is 11.1. The van der Waals surface area contributed by atoms with E-state index < -0.39 is 5.97 Å². The molecule has 23 heavy (non-hydrogen) atoms. The number of nitrogens with zero attached hydrogens (tertiary/aromatic N) is 2. The molecule has 2 aliphatic heterocycles. The van der Waals surface area contributed by atoms with Crippen LogP contribution in [0.5, 0.6) is 5.75 Å². The van der Waals surface area contributed by atoms with E-state index >= 15 is 0 Å². The second-order valence-corrected chi connectivity index (χ2v) is 5.87. The first-order valence-electron chi connectivity index (χ1n) is 7.55. The Kier molecular flexibility index (Phi) is 3.08. The third-order valence-electron chi connectivity index (χ3n) is 4.29. The first kappa shape index (κ1) is 13.8. The fourth-order valence-corrected chi connectivity index (χ4v) is 3.20. The highest BCUT2D eigenvalue weighted by Crippen LogP contribution is 2.46. The summed E-state index contributed by atoms with van der Waals surface area (Å²) in [4.78, 5) is 11.0. The maximum Gasteiger partial charge on any atom is 0.335 e. The van der Waals surface area contributed by atoms with Crippen LogP contribution in [0.1, 0.15) is 47.1 Å². The van der Waals surface area contributed by atoms with Crippen molar-refractivity contribution in [3.63, 3.8) is 0 Å². The Morgan fingerprint density at radius 2 is 1.96 bits per heavy atom. The van der Waals surface area contributed by atoms with Gasteiger partial charge < -0.3 is 9.84 Å². The van der Waals surface area contributed by atoms with Crippen molar-refractivity contribution >= 4 is 11.7 Å². The number of hydrogen-bond donors (Lipinski definition) is 1. The predicted molar refractivity (Wildman–Crippen MR) is 85.5 cm³/mol. The van der Waals surface area contributed by atoms with Crippen LogP contribution in [-0.4, -0.2) is 21.8 Å². The average Bonchev–Trinajstić information content (AvgIpc) is 2.96. The van der Waals surface area contributed by atoms with Gasteiger partial charge in [0.1, 0.15) is 5.75 Å². The molecular weight excluding hydrogens is 292 g/mol. The molecule has 1 N–H and O–H groups in total. The Bertz CT molecular complexity index is 798. The van der Waals surface area contributed by atoms with E-state index in [1.165, 1.54) is 0 Å². The quantitative estimate of drug-likeness (QED) is 0.921. The lowest BCUT2D eigenvalue weighted by atomic mass is 9.98. The van der Waals surface area contributed by atoms with Crippen LogP contribution in [0, 0.1) is 0 Å². The summed E-state index contributed by atoms with van der Waals surface area (Å²) in [5.41, 5.74) is 3.38. The molecule has 5 heteroatoms. The molecule has 116 valence electrons. The van der Waals surface area contributed by atoms with Crippen molar-refractivity contribution in [2.45, 2.75) is 25.6 Å². The van der Waals surface area contributed by atoms with Crippen molar-refractivity contribution in [1.29, 1.82) is 0 Å². The maximum absolute atomic E-state index is 11.0. The minimum Gasteiger partial charge on any atom is -0.478 e. The molecule has 2 heterocycles. The van der Waals surface area contributed by atoms with Gasteiger partial charge in [-0.15, -0.1) is 0 Å².